The molecule has 818 valence electrons. The van der Waals surface area contributed by atoms with Crippen LogP contribution in [0.2, 0.25) is 0 Å². The molecule has 0 saturated carbocycles. The highest BCUT2D eigenvalue weighted by molar-refractivity contribution is 5.76. The second-order valence-corrected chi connectivity index (χ2v) is 39.1. The number of amides is 3. The Morgan fingerprint density at radius 3 is 1.01 bits per heavy atom. The lowest BCUT2D eigenvalue weighted by atomic mass is 9.93. The molecule has 0 aromatic carbocycles. The predicted octanol–water partition coefficient (Wildman–Crippen LogP) is -1.60. The maximum Gasteiger partial charge on any atom is 0.220 e. The fraction of sp³-hybridized carbons (Fsp3) is 0.948. The number of aliphatic hydroxyl groups excluding tert-OH is 22. The van der Waals surface area contributed by atoms with E-state index in [1.807, 2.05) is 6.08 Å². The van der Waals surface area contributed by atoms with E-state index in [0.29, 0.717) is 12.8 Å². The van der Waals surface area contributed by atoms with Crippen molar-refractivity contribution < 1.29 is 203 Å². The third-order valence-corrected chi connectivity index (χ3v) is 27.9. The van der Waals surface area contributed by atoms with Crippen LogP contribution >= 0.6 is 0 Å². The molecule has 44 heteroatoms. The molecular weight excluding hydrogens is 1850 g/mol. The van der Waals surface area contributed by atoms with E-state index in [9.17, 15) is 127 Å². The number of rotatable bonds is 64. The summed E-state index contributed by atoms with van der Waals surface area (Å²) in [6.45, 7) is 1.89. The van der Waals surface area contributed by atoms with Gasteiger partial charge in [-0.3, -0.25) is 14.4 Å². The zero-order chi connectivity index (χ0) is 102. The van der Waals surface area contributed by atoms with Gasteiger partial charge in [0, 0.05) is 20.3 Å². The zero-order valence-corrected chi connectivity index (χ0v) is 82.4. The summed E-state index contributed by atoms with van der Waals surface area (Å²) in [7, 11) is 0. The number of allylic oxidation sites excluding steroid dienone is 1. The molecule has 0 aromatic rings. The minimum Gasteiger partial charge on any atom is -0.394 e. The Hall–Kier alpha value is -3.37. The van der Waals surface area contributed by atoms with E-state index in [4.69, 9.17) is 75.8 Å². The average Bonchev–Trinajstić information content (AvgIpc) is 0.758. The van der Waals surface area contributed by atoms with E-state index >= 15 is 0 Å². The quantitative estimate of drug-likeness (QED) is 0.0241. The summed E-state index contributed by atoms with van der Waals surface area (Å²) in [5.74, 6) is -2.28. The molecule has 8 aliphatic heterocycles. The van der Waals surface area contributed by atoms with Crippen molar-refractivity contribution in [2.75, 3.05) is 46.2 Å². The molecule has 8 fully saturated rings. The van der Waals surface area contributed by atoms with Crippen molar-refractivity contribution in [3.05, 3.63) is 12.2 Å². The number of ether oxygens (including phenoxy) is 16. The van der Waals surface area contributed by atoms with Crippen molar-refractivity contribution in [1.29, 1.82) is 0 Å². The Kier molecular flexibility index (Phi) is 55.9. The molecular formula is C96H173N3O41. The number of carbonyl (C=O) groups is 3. The fourth-order valence-corrected chi connectivity index (χ4v) is 19.3. The van der Waals surface area contributed by atoms with Gasteiger partial charge in [0.25, 0.3) is 0 Å². The van der Waals surface area contributed by atoms with E-state index < -0.39 is 316 Å². The van der Waals surface area contributed by atoms with Crippen LogP contribution < -0.4 is 16.0 Å². The first-order valence-electron chi connectivity index (χ1n) is 51.7. The van der Waals surface area contributed by atoms with Gasteiger partial charge < -0.3 is 204 Å². The number of aliphatic hydroxyl groups is 22. The molecule has 42 atom stereocenters. The van der Waals surface area contributed by atoms with Gasteiger partial charge in [0.1, 0.15) is 183 Å². The Labute approximate surface area is 821 Å². The third kappa shape index (κ3) is 36.2. The minimum absolute atomic E-state index is 0.149. The molecule has 8 aliphatic rings. The van der Waals surface area contributed by atoms with Gasteiger partial charge in [-0.05, 0) is 33.1 Å². The van der Waals surface area contributed by atoms with Gasteiger partial charge in [-0.1, -0.05) is 231 Å². The van der Waals surface area contributed by atoms with Crippen molar-refractivity contribution in [2.45, 2.75) is 530 Å². The molecule has 8 saturated heterocycles. The number of hydrogen-bond acceptors (Lipinski definition) is 41. The molecule has 0 aliphatic carbocycles. The predicted molar refractivity (Wildman–Crippen MR) is 493 cm³/mol. The lowest BCUT2D eigenvalue weighted by molar-refractivity contribution is -0.401. The molecule has 8 heterocycles. The van der Waals surface area contributed by atoms with Crippen LogP contribution in [0.5, 0.6) is 0 Å². The number of hydrogen-bond donors (Lipinski definition) is 25. The van der Waals surface area contributed by atoms with Crippen LogP contribution in [0.1, 0.15) is 273 Å². The molecule has 0 aromatic heterocycles. The number of unbranched alkanes of at least 4 members (excludes halogenated alkanes) is 33. The first-order valence-corrected chi connectivity index (χ1v) is 51.7. The maximum absolute atomic E-state index is 13.7. The molecule has 3 amide bonds. The smallest absolute Gasteiger partial charge is 0.220 e. The number of nitrogens with one attached hydrogen (secondary N) is 3. The number of carbonyl (C=O) groups excluding carboxylic acids is 3. The first-order chi connectivity index (χ1) is 67.2. The summed E-state index contributed by atoms with van der Waals surface area (Å²) >= 11 is 0. The van der Waals surface area contributed by atoms with Crippen molar-refractivity contribution >= 4 is 17.7 Å². The van der Waals surface area contributed by atoms with E-state index in [1.165, 1.54) is 174 Å². The van der Waals surface area contributed by atoms with Gasteiger partial charge in [-0.15, -0.1) is 0 Å². The lowest BCUT2D eigenvalue weighted by Gasteiger charge is -2.52. The largest absolute Gasteiger partial charge is 0.394 e. The van der Waals surface area contributed by atoms with Gasteiger partial charge in [0.15, 0.2) is 50.3 Å². The van der Waals surface area contributed by atoms with E-state index in [-0.39, 0.29) is 12.3 Å². The molecule has 140 heavy (non-hydrogen) atoms. The second kappa shape index (κ2) is 64.2. The van der Waals surface area contributed by atoms with Crippen LogP contribution in [0.3, 0.4) is 0 Å². The van der Waals surface area contributed by atoms with E-state index in [1.54, 1.807) is 6.08 Å². The van der Waals surface area contributed by atoms with E-state index in [2.05, 4.69) is 29.8 Å². The van der Waals surface area contributed by atoms with Gasteiger partial charge in [0.2, 0.25) is 17.7 Å². The monoisotopic (exact) mass is 2020 g/mol. The van der Waals surface area contributed by atoms with Crippen LogP contribution in [-0.2, 0) is 90.2 Å². The maximum atomic E-state index is 13.7. The molecule has 44 nitrogen and oxygen atoms in total. The van der Waals surface area contributed by atoms with Crippen molar-refractivity contribution in [3.63, 3.8) is 0 Å². The fourth-order valence-electron chi connectivity index (χ4n) is 19.3. The van der Waals surface area contributed by atoms with Crippen LogP contribution in [0, 0.1) is 0 Å². The Bertz CT molecular complexity index is 3380. The van der Waals surface area contributed by atoms with Gasteiger partial charge >= 0.3 is 0 Å². The normalized spacial score (nSPS) is 38.8. The highest BCUT2D eigenvalue weighted by Crippen LogP contribution is 2.41. The standard InChI is InChI=1S/C96H173N3O41/c1-7-9-11-13-15-17-19-21-22-23-24-25-26-27-28-29-30-32-34-36-38-40-42-44-64(109)99-56(57(108)43-41-39-37-35-33-31-20-18-16-14-12-10-8-2)51-125-91-79(122)76(119)82(62(49-104)133-91)134-94-80(123)86(71(114)60(47-102)129-94)138-89-65(97-54(5)106)84(70(113)59(46-101)128-89)136-95-81(124)87(72(115)61(48-103)130-95)139-90-66(98-55(6)107)85(137-92-77(120)73(116)67(110)52(3)126-92)83(63(50-105)132-90)135-96-88(75(118)69(112)58(45-100)131-96)140-93-78(121)74(117)68(111)53(4)127-93/h41,43,52-53,56-63,65-96,100-105,108,110-124H,7-40,42,44-51H2,1-6H3,(H,97,106)(H,98,107)(H,99,109)/b43-41+/t52?,53?,56-,57+,58?,59?,60?,61?,62?,63?,65?,66?,67+,68+,69-,70+,71-,72-,73?,74?,75-,76+,77-,78-,79?,80?,81?,82+,83+,84+,85+,86-,87-,88?,89-,90-,91+,92+,93+,94-,95-,96-/m0/s1. The summed E-state index contributed by atoms with van der Waals surface area (Å²) in [6, 6.07) is -5.05. The average molecular weight is 2030 g/mol. The molecule has 0 radical (unpaired) electrons. The summed E-state index contributed by atoms with van der Waals surface area (Å²) in [4.78, 5) is 40.7. The molecule has 25 N–H and O–H groups in total. The SMILES string of the molecule is CCCCCCCCCCCCC/C=C/[C@@H](O)[C@H](CO[C@@H]1OC(CO)[C@@H](O[C@@H]2OC(CO)[C@H](O)[C@H](O[C@@H]3OC(CO)[C@@H](O)[C@H](O[C@@H]4OC(CO)[C@H](O)[C@H](O[C@@H]5OC(CO)[C@@H](O[C@@H]6OC(CO)[C@H](O)[C@H](O)C6O[C@H]6OC(C)[C@@H](O)C(O)[C@@H]6O)[C@H](O[C@H]6OC(C)[C@@H](O)C(O)[C@@H]6O)C5NC(C)=O)C4O)C3NC(C)=O)C2O)[C@H](O)C1O)NC(=O)CCCCCCCCCCCCCCCCCCCCCCCCC. The molecule has 0 spiro atoms. The first kappa shape index (κ1) is 122. The molecule has 16 unspecified atom stereocenters. The zero-order valence-electron chi connectivity index (χ0n) is 82.4. The van der Waals surface area contributed by atoms with Gasteiger partial charge in [0.05, 0.1) is 70.6 Å². The Balaban J connectivity index is 0.931. The summed E-state index contributed by atoms with van der Waals surface area (Å²) in [5, 5.41) is 258. The Morgan fingerprint density at radius 2 is 0.593 bits per heavy atom. The highest BCUT2D eigenvalue weighted by Gasteiger charge is 2.61. The van der Waals surface area contributed by atoms with Crippen LogP contribution in [-0.4, -0.2) is 434 Å². The van der Waals surface area contributed by atoms with Gasteiger partial charge in [-0.2, -0.15) is 0 Å². The van der Waals surface area contributed by atoms with Crippen molar-refractivity contribution in [1.82, 2.24) is 16.0 Å². The molecule has 0 bridgehead atoms. The summed E-state index contributed by atoms with van der Waals surface area (Å²) < 4.78 is 97.1. The second-order valence-electron chi connectivity index (χ2n) is 39.1. The molecule has 8 rings (SSSR count). The van der Waals surface area contributed by atoms with Gasteiger partial charge in [-0.25, -0.2) is 0 Å². The van der Waals surface area contributed by atoms with Crippen LogP contribution in [0.25, 0.3) is 0 Å². The van der Waals surface area contributed by atoms with E-state index in [0.717, 1.165) is 65.2 Å². The van der Waals surface area contributed by atoms with Crippen molar-refractivity contribution in [3.8, 4) is 0 Å². The minimum atomic E-state index is -2.44. The summed E-state index contributed by atoms with van der Waals surface area (Å²) in [6.07, 6.45) is -32.1. The highest BCUT2D eigenvalue weighted by atomic mass is 16.8. The van der Waals surface area contributed by atoms with Crippen molar-refractivity contribution in [2.24, 2.45) is 0 Å². The lowest BCUT2D eigenvalue weighted by Crippen LogP contribution is -2.72. The van der Waals surface area contributed by atoms with Crippen LogP contribution in [0.15, 0.2) is 12.2 Å². The third-order valence-electron chi connectivity index (χ3n) is 27.9. The summed E-state index contributed by atoms with van der Waals surface area (Å²) in [5.41, 5.74) is 0. The van der Waals surface area contributed by atoms with Crippen LogP contribution in [0.4, 0.5) is 0 Å². The Morgan fingerprint density at radius 1 is 0.293 bits per heavy atom. The topological polar surface area (TPSA) is 680 Å².